The zero-order valence-corrected chi connectivity index (χ0v) is 10.9. The average Bonchev–Trinajstić information content (AvgIpc) is 2.38. The SMILES string of the molecule is CS(=O)(=O)c1cccc(Nc2cc(C=O)ncn2)c1. The Hall–Kier alpha value is -2.28. The second-order valence-electron chi connectivity index (χ2n) is 3.87. The van der Waals surface area contributed by atoms with Gasteiger partial charge in [0.25, 0.3) is 0 Å². The molecule has 6 nitrogen and oxygen atoms in total. The summed E-state index contributed by atoms with van der Waals surface area (Å²) in [6, 6.07) is 7.81. The molecular formula is C12H11N3O3S. The second kappa shape index (κ2) is 5.15. The Kier molecular flexibility index (Phi) is 3.57. The van der Waals surface area contributed by atoms with Gasteiger partial charge in [0.15, 0.2) is 16.1 Å². The summed E-state index contributed by atoms with van der Waals surface area (Å²) < 4.78 is 22.9. The number of nitrogens with zero attached hydrogens (tertiary/aromatic N) is 2. The molecule has 1 aromatic carbocycles. The van der Waals surface area contributed by atoms with Crippen molar-refractivity contribution in [2.75, 3.05) is 11.6 Å². The minimum absolute atomic E-state index is 0.210. The van der Waals surface area contributed by atoms with Gasteiger partial charge in [-0.15, -0.1) is 0 Å². The molecular weight excluding hydrogens is 266 g/mol. The van der Waals surface area contributed by atoms with E-state index in [1.165, 1.54) is 24.5 Å². The van der Waals surface area contributed by atoms with Crippen LogP contribution in [-0.4, -0.2) is 30.9 Å². The maximum atomic E-state index is 11.4. The smallest absolute Gasteiger partial charge is 0.175 e. The van der Waals surface area contributed by atoms with E-state index in [1.54, 1.807) is 12.1 Å². The van der Waals surface area contributed by atoms with Gasteiger partial charge in [-0.3, -0.25) is 4.79 Å². The van der Waals surface area contributed by atoms with Crippen LogP contribution in [0, 0.1) is 0 Å². The quantitative estimate of drug-likeness (QED) is 0.850. The molecule has 0 fully saturated rings. The van der Waals surface area contributed by atoms with Crippen LogP contribution in [0.2, 0.25) is 0 Å². The second-order valence-corrected chi connectivity index (χ2v) is 5.89. The summed E-state index contributed by atoms with van der Waals surface area (Å²) in [5.41, 5.74) is 0.815. The first kappa shape index (κ1) is 13.2. The predicted octanol–water partition coefficient (Wildman–Crippen LogP) is 1.44. The maximum Gasteiger partial charge on any atom is 0.175 e. The van der Waals surface area contributed by atoms with Crippen LogP contribution in [0.4, 0.5) is 11.5 Å². The normalized spacial score (nSPS) is 11.0. The van der Waals surface area contributed by atoms with Crippen molar-refractivity contribution in [3.05, 3.63) is 42.4 Å². The van der Waals surface area contributed by atoms with E-state index in [2.05, 4.69) is 15.3 Å². The molecule has 0 aliphatic carbocycles. The number of aldehydes is 1. The first-order valence-electron chi connectivity index (χ1n) is 5.33. The monoisotopic (exact) mass is 277 g/mol. The molecule has 98 valence electrons. The van der Waals surface area contributed by atoms with Crippen molar-refractivity contribution in [3.8, 4) is 0 Å². The van der Waals surface area contributed by atoms with Gasteiger partial charge in [0.1, 0.15) is 17.8 Å². The molecule has 0 spiro atoms. The van der Waals surface area contributed by atoms with Crippen molar-refractivity contribution in [1.82, 2.24) is 9.97 Å². The van der Waals surface area contributed by atoms with Gasteiger partial charge in [-0.2, -0.15) is 0 Å². The van der Waals surface area contributed by atoms with Crippen LogP contribution in [-0.2, 0) is 9.84 Å². The van der Waals surface area contributed by atoms with Crippen molar-refractivity contribution in [2.24, 2.45) is 0 Å². The molecule has 0 unspecified atom stereocenters. The molecule has 0 amide bonds. The molecule has 1 N–H and O–H groups in total. The number of hydrogen-bond donors (Lipinski definition) is 1. The molecule has 1 heterocycles. The number of benzene rings is 1. The van der Waals surface area contributed by atoms with Crippen LogP contribution in [0.15, 0.2) is 41.6 Å². The molecule has 0 saturated carbocycles. The van der Waals surface area contributed by atoms with Gasteiger partial charge >= 0.3 is 0 Å². The Morgan fingerprint density at radius 1 is 1.21 bits per heavy atom. The van der Waals surface area contributed by atoms with Crippen molar-refractivity contribution < 1.29 is 13.2 Å². The number of anilines is 2. The lowest BCUT2D eigenvalue weighted by Gasteiger charge is -2.06. The van der Waals surface area contributed by atoms with Crippen LogP contribution >= 0.6 is 0 Å². The Morgan fingerprint density at radius 3 is 2.68 bits per heavy atom. The molecule has 0 radical (unpaired) electrons. The van der Waals surface area contributed by atoms with Crippen LogP contribution < -0.4 is 5.32 Å². The molecule has 0 bridgehead atoms. The van der Waals surface area contributed by atoms with Crippen LogP contribution in [0.5, 0.6) is 0 Å². The highest BCUT2D eigenvalue weighted by atomic mass is 32.2. The zero-order valence-electron chi connectivity index (χ0n) is 10.1. The highest BCUT2D eigenvalue weighted by molar-refractivity contribution is 7.90. The Balaban J connectivity index is 2.31. The zero-order chi connectivity index (χ0) is 13.9. The number of aromatic nitrogens is 2. The van der Waals surface area contributed by atoms with E-state index in [9.17, 15) is 13.2 Å². The molecule has 19 heavy (non-hydrogen) atoms. The summed E-state index contributed by atoms with van der Waals surface area (Å²) in [7, 11) is -3.26. The van der Waals surface area contributed by atoms with Gasteiger partial charge in [0, 0.05) is 18.0 Å². The average molecular weight is 277 g/mol. The van der Waals surface area contributed by atoms with E-state index < -0.39 is 9.84 Å². The number of rotatable bonds is 4. The molecule has 1 aromatic heterocycles. The standard InChI is InChI=1S/C12H11N3O3S/c1-19(17,18)11-4-2-3-9(5-11)15-12-6-10(7-16)13-8-14-12/h2-8H,1H3,(H,13,14,15). The fourth-order valence-electron chi connectivity index (χ4n) is 1.46. The van der Waals surface area contributed by atoms with Crippen molar-refractivity contribution in [1.29, 1.82) is 0 Å². The van der Waals surface area contributed by atoms with Gasteiger partial charge < -0.3 is 5.32 Å². The Morgan fingerprint density at radius 2 is 2.00 bits per heavy atom. The summed E-state index contributed by atoms with van der Waals surface area (Å²) in [5, 5.41) is 2.92. The summed E-state index contributed by atoms with van der Waals surface area (Å²) in [5.74, 6) is 0.419. The third kappa shape index (κ3) is 3.35. The summed E-state index contributed by atoms with van der Waals surface area (Å²) in [6.07, 6.45) is 3.01. The number of hydrogen-bond acceptors (Lipinski definition) is 6. The van der Waals surface area contributed by atoms with E-state index in [0.29, 0.717) is 17.8 Å². The number of nitrogens with one attached hydrogen (secondary N) is 1. The van der Waals surface area contributed by atoms with Crippen molar-refractivity contribution >= 4 is 27.6 Å². The van der Waals surface area contributed by atoms with Gasteiger partial charge in [0.05, 0.1) is 4.90 Å². The summed E-state index contributed by atoms with van der Waals surface area (Å²) in [4.78, 5) is 18.5. The number of carbonyl (C=O) groups excluding carboxylic acids is 1. The fourth-order valence-corrected chi connectivity index (χ4v) is 2.12. The van der Waals surface area contributed by atoms with Crippen LogP contribution in [0.1, 0.15) is 10.5 Å². The Bertz CT molecular complexity index is 714. The van der Waals surface area contributed by atoms with Gasteiger partial charge in [-0.05, 0) is 18.2 Å². The fraction of sp³-hybridized carbons (Fsp3) is 0.0833. The lowest BCUT2D eigenvalue weighted by atomic mass is 10.3. The first-order valence-corrected chi connectivity index (χ1v) is 7.22. The van der Waals surface area contributed by atoms with E-state index in [4.69, 9.17) is 0 Å². The van der Waals surface area contributed by atoms with Gasteiger partial charge in [-0.25, -0.2) is 18.4 Å². The van der Waals surface area contributed by atoms with Crippen molar-refractivity contribution in [2.45, 2.75) is 4.90 Å². The van der Waals surface area contributed by atoms with Crippen LogP contribution in [0.25, 0.3) is 0 Å². The molecule has 0 atom stereocenters. The summed E-state index contributed by atoms with van der Waals surface area (Å²) in [6.45, 7) is 0. The van der Waals surface area contributed by atoms with E-state index in [0.717, 1.165) is 6.26 Å². The molecule has 2 rings (SSSR count). The lowest BCUT2D eigenvalue weighted by molar-refractivity contribution is 0.111. The third-order valence-corrected chi connectivity index (χ3v) is 3.45. The van der Waals surface area contributed by atoms with Gasteiger partial charge in [0.2, 0.25) is 0 Å². The topological polar surface area (TPSA) is 89.0 Å². The highest BCUT2D eigenvalue weighted by Crippen LogP contribution is 2.18. The molecule has 7 heteroatoms. The molecule has 2 aromatic rings. The minimum atomic E-state index is -3.26. The highest BCUT2D eigenvalue weighted by Gasteiger charge is 2.07. The lowest BCUT2D eigenvalue weighted by Crippen LogP contribution is -2.00. The van der Waals surface area contributed by atoms with E-state index in [-0.39, 0.29) is 10.6 Å². The van der Waals surface area contributed by atoms with E-state index in [1.807, 2.05) is 0 Å². The maximum absolute atomic E-state index is 11.4. The minimum Gasteiger partial charge on any atom is -0.340 e. The molecule has 0 saturated heterocycles. The largest absolute Gasteiger partial charge is 0.340 e. The molecule has 0 aliphatic rings. The predicted molar refractivity (Wildman–Crippen MR) is 70.3 cm³/mol. The Labute approximate surface area is 110 Å². The van der Waals surface area contributed by atoms with E-state index >= 15 is 0 Å². The summed E-state index contributed by atoms with van der Waals surface area (Å²) >= 11 is 0. The first-order chi connectivity index (χ1) is 8.99. The third-order valence-electron chi connectivity index (χ3n) is 2.34. The number of carbonyl (C=O) groups is 1. The molecule has 0 aliphatic heterocycles. The van der Waals surface area contributed by atoms with Gasteiger partial charge in [-0.1, -0.05) is 6.07 Å². The van der Waals surface area contributed by atoms with Crippen LogP contribution in [0.3, 0.4) is 0 Å². The van der Waals surface area contributed by atoms with Crippen molar-refractivity contribution in [3.63, 3.8) is 0 Å². The number of sulfone groups is 1.